The number of nitrogens with zero attached hydrogens (tertiary/aromatic N) is 1. The molecule has 0 aromatic rings. The Labute approximate surface area is 107 Å². The molecular formula is C14H30N2O. The van der Waals surface area contributed by atoms with E-state index in [0.29, 0.717) is 6.10 Å². The summed E-state index contributed by atoms with van der Waals surface area (Å²) >= 11 is 0. The van der Waals surface area contributed by atoms with Crippen molar-refractivity contribution in [2.45, 2.75) is 52.6 Å². The zero-order valence-corrected chi connectivity index (χ0v) is 11.9. The quantitative estimate of drug-likeness (QED) is 0.709. The van der Waals surface area contributed by atoms with E-state index in [1.807, 2.05) is 0 Å². The van der Waals surface area contributed by atoms with Crippen LogP contribution in [0.5, 0.6) is 0 Å². The van der Waals surface area contributed by atoms with Crippen molar-refractivity contribution in [1.82, 2.24) is 4.90 Å². The van der Waals surface area contributed by atoms with E-state index in [-0.39, 0.29) is 5.41 Å². The molecule has 1 fully saturated rings. The molecule has 0 aliphatic carbocycles. The third-order valence-corrected chi connectivity index (χ3v) is 3.88. The number of nitrogens with two attached hydrogens (primary N) is 1. The lowest BCUT2D eigenvalue weighted by atomic mass is 9.85. The minimum Gasteiger partial charge on any atom is -0.377 e. The molecular weight excluding hydrogens is 212 g/mol. The molecule has 102 valence electrons. The average Bonchev–Trinajstić information content (AvgIpc) is 2.81. The van der Waals surface area contributed by atoms with Gasteiger partial charge < -0.3 is 15.4 Å². The Morgan fingerprint density at radius 3 is 2.65 bits per heavy atom. The Morgan fingerprint density at radius 2 is 2.18 bits per heavy atom. The van der Waals surface area contributed by atoms with Crippen LogP contribution >= 0.6 is 0 Å². The summed E-state index contributed by atoms with van der Waals surface area (Å²) in [6, 6.07) is 0. The van der Waals surface area contributed by atoms with Gasteiger partial charge in [0, 0.05) is 19.7 Å². The van der Waals surface area contributed by atoms with Gasteiger partial charge in [-0.15, -0.1) is 0 Å². The normalized spacial score (nSPS) is 24.2. The van der Waals surface area contributed by atoms with Crippen LogP contribution in [0.25, 0.3) is 0 Å². The molecule has 3 nitrogen and oxygen atoms in total. The first-order chi connectivity index (χ1) is 8.13. The fourth-order valence-corrected chi connectivity index (χ4v) is 2.77. The highest BCUT2D eigenvalue weighted by Crippen LogP contribution is 2.24. The van der Waals surface area contributed by atoms with Gasteiger partial charge in [0.15, 0.2) is 0 Å². The summed E-state index contributed by atoms with van der Waals surface area (Å²) in [6.45, 7) is 11.8. The van der Waals surface area contributed by atoms with Crippen molar-refractivity contribution in [3.05, 3.63) is 0 Å². The maximum Gasteiger partial charge on any atom is 0.0702 e. The van der Waals surface area contributed by atoms with Crippen LogP contribution in [0.15, 0.2) is 0 Å². The molecule has 1 saturated heterocycles. The molecule has 0 bridgehead atoms. The van der Waals surface area contributed by atoms with Crippen molar-refractivity contribution in [2.75, 3.05) is 32.8 Å². The van der Waals surface area contributed by atoms with Crippen LogP contribution in [0.2, 0.25) is 0 Å². The lowest BCUT2D eigenvalue weighted by Gasteiger charge is -2.35. The molecule has 1 rings (SSSR count). The number of rotatable bonds is 8. The largest absolute Gasteiger partial charge is 0.377 e. The van der Waals surface area contributed by atoms with Gasteiger partial charge in [0.05, 0.1) is 6.10 Å². The zero-order chi connectivity index (χ0) is 12.7. The van der Waals surface area contributed by atoms with Crippen LogP contribution < -0.4 is 5.73 Å². The second-order valence-electron chi connectivity index (χ2n) is 5.73. The number of hydrogen-bond donors (Lipinski definition) is 1. The molecule has 2 atom stereocenters. The zero-order valence-electron chi connectivity index (χ0n) is 11.9. The monoisotopic (exact) mass is 242 g/mol. The molecule has 17 heavy (non-hydrogen) atoms. The van der Waals surface area contributed by atoms with Gasteiger partial charge in [-0.1, -0.05) is 27.2 Å². The summed E-state index contributed by atoms with van der Waals surface area (Å²) in [7, 11) is 0. The van der Waals surface area contributed by atoms with E-state index < -0.39 is 0 Å². The molecule has 2 unspecified atom stereocenters. The lowest BCUT2D eigenvalue weighted by Crippen LogP contribution is -2.43. The number of ether oxygens (including phenoxy) is 1. The lowest BCUT2D eigenvalue weighted by molar-refractivity contribution is 0.0582. The second-order valence-corrected chi connectivity index (χ2v) is 5.73. The first-order valence-corrected chi connectivity index (χ1v) is 7.17. The van der Waals surface area contributed by atoms with Gasteiger partial charge >= 0.3 is 0 Å². The van der Waals surface area contributed by atoms with Crippen molar-refractivity contribution in [1.29, 1.82) is 0 Å². The van der Waals surface area contributed by atoms with Gasteiger partial charge in [0.25, 0.3) is 0 Å². The molecule has 0 saturated carbocycles. The second kappa shape index (κ2) is 7.34. The maximum absolute atomic E-state index is 5.95. The molecule has 1 heterocycles. The Kier molecular flexibility index (Phi) is 6.45. The third kappa shape index (κ3) is 4.94. The molecule has 0 spiro atoms. The van der Waals surface area contributed by atoms with E-state index in [1.165, 1.54) is 25.7 Å². The fraction of sp³-hybridized carbons (Fsp3) is 1.00. The van der Waals surface area contributed by atoms with Crippen molar-refractivity contribution >= 4 is 0 Å². The van der Waals surface area contributed by atoms with Crippen molar-refractivity contribution in [2.24, 2.45) is 11.1 Å². The van der Waals surface area contributed by atoms with Gasteiger partial charge in [-0.3, -0.25) is 0 Å². The van der Waals surface area contributed by atoms with Crippen LogP contribution in [-0.2, 0) is 4.74 Å². The first kappa shape index (κ1) is 14.9. The highest BCUT2D eigenvalue weighted by molar-refractivity contribution is 4.80. The highest BCUT2D eigenvalue weighted by Gasteiger charge is 2.26. The molecule has 3 heteroatoms. The fourth-order valence-electron chi connectivity index (χ4n) is 2.77. The Bertz CT molecular complexity index is 204. The molecule has 0 aromatic carbocycles. The van der Waals surface area contributed by atoms with Crippen molar-refractivity contribution in [3.63, 3.8) is 0 Å². The third-order valence-electron chi connectivity index (χ3n) is 3.88. The van der Waals surface area contributed by atoms with Gasteiger partial charge in [0.1, 0.15) is 0 Å². The van der Waals surface area contributed by atoms with Gasteiger partial charge in [0.2, 0.25) is 0 Å². The van der Waals surface area contributed by atoms with Gasteiger partial charge in [-0.2, -0.15) is 0 Å². The highest BCUT2D eigenvalue weighted by atomic mass is 16.5. The summed E-state index contributed by atoms with van der Waals surface area (Å²) in [6.07, 6.45) is 5.34. The molecule has 0 amide bonds. The standard InChI is InChI=1S/C14H30N2O/c1-4-8-14(3,11-15)12-16(5-2)10-13-7-6-9-17-13/h13H,4-12,15H2,1-3H3. The molecule has 0 aromatic heterocycles. The smallest absolute Gasteiger partial charge is 0.0702 e. The van der Waals surface area contributed by atoms with E-state index in [0.717, 1.165) is 32.8 Å². The Hall–Kier alpha value is -0.120. The van der Waals surface area contributed by atoms with Crippen LogP contribution in [0.1, 0.15) is 46.5 Å². The number of likely N-dealkylation sites (N-methyl/N-ethyl adjacent to an activating group) is 1. The SMILES string of the molecule is CCCC(C)(CN)CN(CC)CC1CCCO1. The summed E-state index contributed by atoms with van der Waals surface area (Å²) in [5.74, 6) is 0. The average molecular weight is 242 g/mol. The Balaban J connectivity index is 2.42. The predicted molar refractivity (Wildman–Crippen MR) is 73.2 cm³/mol. The van der Waals surface area contributed by atoms with E-state index in [2.05, 4.69) is 25.7 Å². The molecule has 1 aliphatic heterocycles. The Morgan fingerprint density at radius 1 is 1.41 bits per heavy atom. The van der Waals surface area contributed by atoms with E-state index >= 15 is 0 Å². The van der Waals surface area contributed by atoms with Crippen molar-refractivity contribution < 1.29 is 4.74 Å². The summed E-state index contributed by atoms with van der Waals surface area (Å²) in [4.78, 5) is 2.51. The van der Waals surface area contributed by atoms with Crippen LogP contribution in [-0.4, -0.2) is 43.8 Å². The summed E-state index contributed by atoms with van der Waals surface area (Å²) in [5, 5.41) is 0. The summed E-state index contributed by atoms with van der Waals surface area (Å²) < 4.78 is 5.72. The molecule has 1 aliphatic rings. The molecule has 2 N–H and O–H groups in total. The van der Waals surface area contributed by atoms with Gasteiger partial charge in [-0.05, 0) is 37.8 Å². The summed E-state index contributed by atoms with van der Waals surface area (Å²) in [5.41, 5.74) is 6.21. The van der Waals surface area contributed by atoms with E-state index in [1.54, 1.807) is 0 Å². The maximum atomic E-state index is 5.95. The van der Waals surface area contributed by atoms with Crippen molar-refractivity contribution in [3.8, 4) is 0 Å². The number of hydrogen-bond acceptors (Lipinski definition) is 3. The van der Waals surface area contributed by atoms with E-state index in [9.17, 15) is 0 Å². The first-order valence-electron chi connectivity index (χ1n) is 7.17. The minimum atomic E-state index is 0.267. The minimum absolute atomic E-state index is 0.267. The van der Waals surface area contributed by atoms with Crippen LogP contribution in [0.3, 0.4) is 0 Å². The van der Waals surface area contributed by atoms with E-state index in [4.69, 9.17) is 10.5 Å². The predicted octanol–water partition coefficient (Wildman–Crippen LogP) is 2.25. The van der Waals surface area contributed by atoms with Crippen LogP contribution in [0.4, 0.5) is 0 Å². The van der Waals surface area contributed by atoms with Gasteiger partial charge in [-0.25, -0.2) is 0 Å². The van der Waals surface area contributed by atoms with Crippen LogP contribution in [0, 0.1) is 5.41 Å². The topological polar surface area (TPSA) is 38.5 Å². The molecule has 0 radical (unpaired) electrons.